The molecule has 56 heavy (non-hydrogen) atoms. The first-order valence-corrected chi connectivity index (χ1v) is 18.8. The molecule has 0 unspecified atom stereocenters. The highest BCUT2D eigenvalue weighted by molar-refractivity contribution is 7.93. The van der Waals surface area contributed by atoms with Gasteiger partial charge in [-0.3, -0.25) is 9.44 Å². The van der Waals surface area contributed by atoms with E-state index in [0.717, 1.165) is 38.7 Å². The molecule has 0 saturated heterocycles. The van der Waals surface area contributed by atoms with Crippen LogP contribution >= 0.6 is 0 Å². The summed E-state index contributed by atoms with van der Waals surface area (Å²) in [4.78, 5) is 37.8. The van der Waals surface area contributed by atoms with Gasteiger partial charge in [-0.05, 0) is 84.9 Å². The van der Waals surface area contributed by atoms with Gasteiger partial charge in [0.05, 0.1) is 72.9 Å². The molecule has 2 amide bonds. The maximum absolute atomic E-state index is 13.3. The van der Waals surface area contributed by atoms with E-state index in [4.69, 9.17) is 9.47 Å². The van der Waals surface area contributed by atoms with Gasteiger partial charge in [-0.1, -0.05) is 0 Å². The van der Waals surface area contributed by atoms with Crippen molar-refractivity contribution in [3.63, 3.8) is 0 Å². The zero-order valence-electron chi connectivity index (χ0n) is 28.9. The maximum Gasteiger partial charge on any atom is 0.340 e. The predicted octanol–water partition coefficient (Wildman–Crippen LogP) is 5.16. The van der Waals surface area contributed by atoms with Crippen molar-refractivity contribution in [2.75, 3.05) is 34.3 Å². The molecule has 0 aliphatic carbocycles. The molecule has 288 valence electrons. The highest BCUT2D eigenvalue weighted by Gasteiger charge is 2.24. The monoisotopic (exact) mass is 806 g/mol. The normalized spacial score (nSPS) is 11.4. The third-order valence-corrected chi connectivity index (χ3v) is 10.4. The molecule has 0 atom stereocenters. The van der Waals surface area contributed by atoms with Crippen molar-refractivity contribution in [2.24, 2.45) is 0 Å². The van der Waals surface area contributed by atoms with Crippen molar-refractivity contribution in [3.05, 3.63) is 132 Å². The Labute approximate surface area is 317 Å². The minimum Gasteiger partial charge on any atom is -0.465 e. The van der Waals surface area contributed by atoms with Crippen LogP contribution in [0.1, 0.15) is 20.7 Å². The molecular weight excluding hydrogens is 779 g/mol. The van der Waals surface area contributed by atoms with Crippen molar-refractivity contribution >= 4 is 60.8 Å². The molecule has 21 heteroatoms. The van der Waals surface area contributed by atoms with Crippen LogP contribution in [-0.4, -0.2) is 68.6 Å². The van der Waals surface area contributed by atoms with Crippen molar-refractivity contribution in [1.29, 1.82) is 0 Å². The zero-order chi connectivity index (χ0) is 40.2. The molecule has 2 heterocycles. The minimum atomic E-state index is -4.32. The summed E-state index contributed by atoms with van der Waals surface area (Å²) >= 11 is 0. The highest BCUT2D eigenvalue weighted by Crippen LogP contribution is 2.27. The summed E-state index contributed by atoms with van der Waals surface area (Å²) in [7, 11) is -6.49. The number of esters is 2. The lowest BCUT2D eigenvalue weighted by atomic mass is 10.1. The first-order valence-electron chi connectivity index (χ1n) is 15.9. The van der Waals surface area contributed by atoms with Gasteiger partial charge in [-0.15, -0.1) is 0 Å². The standard InChI is InChI=1S/C35H28F2N8O9S2/c1-53-33(46)29-15-23(7-13-31(29)42-55(49,50)27-17-38-44(19-27)25-9-3-21(36)4-10-25)40-35(48)41-24-8-14-32(30(16-24)34(47)54-2)43-56(51,52)28-18-39-45(20-28)26-11-5-22(37)6-12-26/h3-20,42-43H,1-2H3,(H2,40,41,48). The number of carbonyl (C=O) groups excluding carboxylic acids is 3. The summed E-state index contributed by atoms with van der Waals surface area (Å²) in [6, 6.07) is 16.8. The van der Waals surface area contributed by atoms with Crippen molar-refractivity contribution in [3.8, 4) is 11.4 Å². The number of methoxy groups -OCH3 is 2. The van der Waals surface area contributed by atoms with Gasteiger partial charge in [-0.2, -0.15) is 10.2 Å². The van der Waals surface area contributed by atoms with Crippen LogP contribution in [0, 0.1) is 11.6 Å². The molecule has 0 saturated carbocycles. The maximum atomic E-state index is 13.3. The van der Waals surface area contributed by atoms with Gasteiger partial charge in [0.15, 0.2) is 0 Å². The quantitative estimate of drug-likeness (QED) is 0.118. The van der Waals surface area contributed by atoms with Gasteiger partial charge < -0.3 is 20.1 Å². The number of carbonyl (C=O) groups is 3. The third kappa shape index (κ3) is 8.63. The van der Waals surface area contributed by atoms with Crippen LogP contribution in [0.5, 0.6) is 0 Å². The Bertz CT molecular complexity index is 2500. The second-order valence-electron chi connectivity index (χ2n) is 11.5. The molecule has 0 aliphatic rings. The lowest BCUT2D eigenvalue weighted by Gasteiger charge is -2.15. The molecule has 0 bridgehead atoms. The van der Waals surface area contributed by atoms with Gasteiger partial charge in [0.1, 0.15) is 21.4 Å². The molecule has 4 N–H and O–H groups in total. The largest absolute Gasteiger partial charge is 0.465 e. The molecular formula is C35H28F2N8O9S2. The number of aromatic nitrogens is 4. The fraction of sp³-hybridized carbons (Fsp3) is 0.0571. The van der Waals surface area contributed by atoms with E-state index >= 15 is 0 Å². The highest BCUT2D eigenvalue weighted by atomic mass is 32.2. The number of nitrogens with zero attached hydrogens (tertiary/aromatic N) is 4. The number of hydrogen-bond acceptors (Lipinski definition) is 11. The number of benzene rings is 4. The van der Waals surface area contributed by atoms with E-state index in [1.165, 1.54) is 94.6 Å². The Balaban J connectivity index is 1.17. The fourth-order valence-corrected chi connectivity index (χ4v) is 7.06. The topological polar surface area (TPSA) is 222 Å². The number of nitrogens with one attached hydrogen (secondary N) is 4. The summed E-state index contributed by atoms with van der Waals surface area (Å²) in [5.74, 6) is -2.87. The average Bonchev–Trinajstić information content (AvgIpc) is 3.88. The average molecular weight is 807 g/mol. The number of ether oxygens (including phenoxy) is 2. The fourth-order valence-electron chi connectivity index (χ4n) is 5.04. The van der Waals surface area contributed by atoms with E-state index in [2.05, 4.69) is 30.3 Å². The number of rotatable bonds is 12. The van der Waals surface area contributed by atoms with Gasteiger partial charge >= 0.3 is 18.0 Å². The van der Waals surface area contributed by atoms with Crippen LogP contribution in [0.3, 0.4) is 0 Å². The predicted molar refractivity (Wildman–Crippen MR) is 197 cm³/mol. The number of amides is 2. The summed E-state index contributed by atoms with van der Waals surface area (Å²) in [6.45, 7) is 0. The van der Waals surface area contributed by atoms with Crippen LogP contribution in [0.15, 0.2) is 120 Å². The Morgan fingerprint density at radius 3 is 1.32 bits per heavy atom. The van der Waals surface area contributed by atoms with Gasteiger partial charge in [0.2, 0.25) is 0 Å². The molecule has 4 aromatic carbocycles. The van der Waals surface area contributed by atoms with Crippen LogP contribution in [0.2, 0.25) is 0 Å². The smallest absolute Gasteiger partial charge is 0.340 e. The van der Waals surface area contributed by atoms with E-state index < -0.39 is 49.7 Å². The van der Waals surface area contributed by atoms with Crippen LogP contribution < -0.4 is 20.1 Å². The van der Waals surface area contributed by atoms with E-state index in [1.807, 2.05) is 0 Å². The first kappa shape index (κ1) is 38.6. The Kier molecular flexibility index (Phi) is 10.8. The molecule has 6 aromatic rings. The molecule has 0 spiro atoms. The third-order valence-electron chi connectivity index (χ3n) is 7.77. The Morgan fingerprint density at radius 1 is 0.589 bits per heavy atom. The molecule has 6 rings (SSSR count). The summed E-state index contributed by atoms with van der Waals surface area (Å²) in [5.41, 5.74) is -0.100. The van der Waals surface area contributed by atoms with E-state index in [9.17, 15) is 40.0 Å². The lowest BCUT2D eigenvalue weighted by Crippen LogP contribution is -2.21. The number of hydrogen-bond donors (Lipinski definition) is 4. The van der Waals surface area contributed by atoms with Crippen LogP contribution in [-0.2, 0) is 29.5 Å². The molecule has 17 nitrogen and oxygen atoms in total. The molecule has 2 aromatic heterocycles. The Hall–Kier alpha value is -7.13. The second kappa shape index (κ2) is 15.7. The Morgan fingerprint density at radius 2 is 0.964 bits per heavy atom. The zero-order valence-corrected chi connectivity index (χ0v) is 30.6. The number of halogens is 2. The van der Waals surface area contributed by atoms with Crippen molar-refractivity contribution < 1.29 is 49.5 Å². The van der Waals surface area contributed by atoms with Crippen LogP contribution in [0.25, 0.3) is 11.4 Å². The van der Waals surface area contributed by atoms with E-state index in [1.54, 1.807) is 0 Å². The number of urea groups is 1. The first-order chi connectivity index (χ1) is 26.6. The summed E-state index contributed by atoms with van der Waals surface area (Å²) < 4.78 is 96.2. The number of anilines is 4. The SMILES string of the molecule is COC(=O)c1cc(NC(=O)Nc2ccc(NS(=O)(=O)c3cnn(-c4ccc(F)cc4)c3)c(C(=O)OC)c2)ccc1NS(=O)(=O)c1cnn(-c2ccc(F)cc2)c1. The molecule has 0 fully saturated rings. The minimum absolute atomic E-state index is 0.0220. The summed E-state index contributed by atoms with van der Waals surface area (Å²) in [6.07, 6.45) is 4.49. The molecule has 0 radical (unpaired) electrons. The van der Waals surface area contributed by atoms with Crippen LogP contribution in [0.4, 0.5) is 36.3 Å². The van der Waals surface area contributed by atoms with Gasteiger partial charge in [0, 0.05) is 11.4 Å². The van der Waals surface area contributed by atoms with E-state index in [0.29, 0.717) is 11.4 Å². The second-order valence-corrected chi connectivity index (χ2v) is 14.9. The van der Waals surface area contributed by atoms with Gasteiger partial charge in [-0.25, -0.2) is 49.4 Å². The van der Waals surface area contributed by atoms with E-state index in [-0.39, 0.29) is 43.7 Å². The van der Waals surface area contributed by atoms with Crippen molar-refractivity contribution in [2.45, 2.75) is 9.79 Å². The lowest BCUT2D eigenvalue weighted by molar-refractivity contribution is 0.0593. The van der Waals surface area contributed by atoms with Gasteiger partial charge in [0.25, 0.3) is 20.0 Å². The number of sulfonamides is 2. The summed E-state index contributed by atoms with van der Waals surface area (Å²) in [5, 5.41) is 13.0. The molecule has 0 aliphatic heterocycles. The van der Waals surface area contributed by atoms with Crippen molar-refractivity contribution in [1.82, 2.24) is 19.6 Å².